The second-order valence-electron chi connectivity index (χ2n) is 5.20. The molecule has 0 bridgehead atoms. The summed E-state index contributed by atoms with van der Waals surface area (Å²) in [5, 5.41) is 0. The topological polar surface area (TPSA) is 48.1 Å². The van der Waals surface area contributed by atoms with Crippen LogP contribution >= 0.6 is 0 Å². The molecule has 0 spiro atoms. The first kappa shape index (κ1) is 14.5. The summed E-state index contributed by atoms with van der Waals surface area (Å²) in [6.45, 7) is 6.24. The van der Waals surface area contributed by atoms with Crippen LogP contribution in [0.1, 0.15) is 30.0 Å². The van der Waals surface area contributed by atoms with Crippen LogP contribution in [-0.4, -0.2) is 11.0 Å². The maximum Gasteiger partial charge on any atom is 0.145 e. The first-order valence-corrected chi connectivity index (χ1v) is 7.03. The van der Waals surface area contributed by atoms with Crippen molar-refractivity contribution >= 4 is 0 Å². The van der Waals surface area contributed by atoms with Crippen molar-refractivity contribution in [3.8, 4) is 11.5 Å². The Morgan fingerprint density at radius 1 is 1.25 bits per heavy atom. The first-order chi connectivity index (χ1) is 9.60. The molecule has 1 atom stereocenters. The highest BCUT2D eigenvalue weighted by atomic mass is 16.5. The van der Waals surface area contributed by atoms with Gasteiger partial charge < -0.3 is 10.5 Å². The molecule has 2 rings (SSSR count). The van der Waals surface area contributed by atoms with E-state index in [4.69, 9.17) is 10.5 Å². The van der Waals surface area contributed by atoms with E-state index in [0.29, 0.717) is 0 Å². The van der Waals surface area contributed by atoms with Gasteiger partial charge in [-0.05, 0) is 55.5 Å². The maximum absolute atomic E-state index is 5.98. The van der Waals surface area contributed by atoms with Gasteiger partial charge >= 0.3 is 0 Å². The van der Waals surface area contributed by atoms with Crippen LogP contribution in [0.5, 0.6) is 11.5 Å². The lowest BCUT2D eigenvalue weighted by molar-refractivity contribution is 0.474. The van der Waals surface area contributed by atoms with Crippen LogP contribution in [-0.2, 0) is 6.42 Å². The fraction of sp³-hybridized carbons (Fsp3) is 0.353. The Labute approximate surface area is 120 Å². The van der Waals surface area contributed by atoms with Crippen molar-refractivity contribution in [2.75, 3.05) is 0 Å². The molecule has 2 N–H and O–H groups in total. The molecule has 0 amide bonds. The van der Waals surface area contributed by atoms with E-state index < -0.39 is 0 Å². The highest BCUT2D eigenvalue weighted by Gasteiger charge is 2.06. The molecule has 1 aromatic carbocycles. The Morgan fingerprint density at radius 3 is 2.80 bits per heavy atom. The lowest BCUT2D eigenvalue weighted by Crippen LogP contribution is -2.21. The predicted molar refractivity (Wildman–Crippen MR) is 82.2 cm³/mol. The molecule has 2 aromatic rings. The van der Waals surface area contributed by atoms with Crippen molar-refractivity contribution in [2.45, 2.75) is 39.7 Å². The Balaban J connectivity index is 2.17. The lowest BCUT2D eigenvalue weighted by Gasteiger charge is -2.12. The van der Waals surface area contributed by atoms with Crippen LogP contribution in [0, 0.1) is 13.8 Å². The quantitative estimate of drug-likeness (QED) is 0.899. The zero-order valence-electron chi connectivity index (χ0n) is 12.4. The Kier molecular flexibility index (Phi) is 4.74. The molecule has 0 fully saturated rings. The molecule has 0 radical (unpaired) electrons. The summed E-state index contributed by atoms with van der Waals surface area (Å²) in [5.74, 6) is 1.64. The number of nitrogens with two attached hydrogens (primary N) is 1. The molecule has 0 saturated carbocycles. The van der Waals surface area contributed by atoms with Gasteiger partial charge in [0, 0.05) is 12.2 Å². The molecule has 20 heavy (non-hydrogen) atoms. The minimum Gasteiger partial charge on any atom is -0.455 e. The van der Waals surface area contributed by atoms with Crippen LogP contribution in [0.25, 0.3) is 0 Å². The molecule has 1 heterocycles. The zero-order valence-corrected chi connectivity index (χ0v) is 12.4. The number of aryl methyl sites for hydroxylation is 1. The summed E-state index contributed by atoms with van der Waals surface area (Å²) in [4.78, 5) is 4.24. The second kappa shape index (κ2) is 6.53. The number of aromatic nitrogens is 1. The second-order valence-corrected chi connectivity index (χ2v) is 5.20. The van der Waals surface area contributed by atoms with Crippen molar-refractivity contribution < 1.29 is 4.74 Å². The van der Waals surface area contributed by atoms with E-state index in [1.54, 1.807) is 6.20 Å². The average molecular weight is 270 g/mol. The summed E-state index contributed by atoms with van der Waals surface area (Å²) >= 11 is 0. The van der Waals surface area contributed by atoms with Gasteiger partial charge in [0.15, 0.2) is 0 Å². The molecule has 0 aliphatic rings. The van der Waals surface area contributed by atoms with E-state index in [2.05, 4.69) is 31.8 Å². The molecular formula is C17H22N2O. The largest absolute Gasteiger partial charge is 0.455 e. The molecule has 1 unspecified atom stereocenters. The van der Waals surface area contributed by atoms with Crippen LogP contribution < -0.4 is 10.5 Å². The van der Waals surface area contributed by atoms with Crippen molar-refractivity contribution in [3.63, 3.8) is 0 Å². The third kappa shape index (κ3) is 3.58. The zero-order chi connectivity index (χ0) is 14.5. The lowest BCUT2D eigenvalue weighted by atomic mass is 10.1. The number of nitrogens with zero attached hydrogens (tertiary/aromatic N) is 1. The fourth-order valence-corrected chi connectivity index (χ4v) is 2.04. The fourth-order valence-electron chi connectivity index (χ4n) is 2.04. The van der Waals surface area contributed by atoms with Crippen molar-refractivity contribution in [3.05, 3.63) is 53.3 Å². The molecule has 0 aliphatic heterocycles. The summed E-state index contributed by atoms with van der Waals surface area (Å²) in [7, 11) is 0. The SMILES string of the molecule is CCC(N)Cc1cncc(Oc2cccc(C)c2C)c1. The minimum absolute atomic E-state index is 0.174. The molecule has 1 aromatic heterocycles. The Morgan fingerprint density at radius 2 is 2.05 bits per heavy atom. The van der Waals surface area contributed by atoms with E-state index >= 15 is 0 Å². The van der Waals surface area contributed by atoms with Crippen LogP contribution in [0.2, 0.25) is 0 Å². The van der Waals surface area contributed by atoms with Gasteiger partial charge in [0.1, 0.15) is 11.5 Å². The van der Waals surface area contributed by atoms with E-state index in [-0.39, 0.29) is 6.04 Å². The monoisotopic (exact) mass is 270 g/mol. The van der Waals surface area contributed by atoms with E-state index in [0.717, 1.165) is 35.5 Å². The Hall–Kier alpha value is -1.87. The van der Waals surface area contributed by atoms with Gasteiger partial charge in [-0.15, -0.1) is 0 Å². The highest BCUT2D eigenvalue weighted by Crippen LogP contribution is 2.26. The summed E-state index contributed by atoms with van der Waals surface area (Å²) in [6.07, 6.45) is 5.38. The van der Waals surface area contributed by atoms with E-state index in [1.807, 2.05) is 24.4 Å². The number of ether oxygens (including phenoxy) is 1. The third-order valence-corrected chi connectivity index (χ3v) is 3.57. The molecule has 0 aliphatic carbocycles. The summed E-state index contributed by atoms with van der Waals surface area (Å²) in [6, 6.07) is 8.25. The number of benzene rings is 1. The summed E-state index contributed by atoms with van der Waals surface area (Å²) < 4.78 is 5.94. The normalized spacial score (nSPS) is 12.2. The van der Waals surface area contributed by atoms with Crippen LogP contribution in [0.4, 0.5) is 0 Å². The molecule has 106 valence electrons. The molecular weight excluding hydrogens is 248 g/mol. The van der Waals surface area contributed by atoms with Gasteiger partial charge in [0.2, 0.25) is 0 Å². The number of hydrogen-bond donors (Lipinski definition) is 1. The first-order valence-electron chi connectivity index (χ1n) is 7.03. The third-order valence-electron chi connectivity index (χ3n) is 3.57. The molecule has 3 heteroatoms. The average Bonchev–Trinajstić information content (AvgIpc) is 2.44. The Bertz CT molecular complexity index is 581. The van der Waals surface area contributed by atoms with E-state index in [1.165, 1.54) is 5.56 Å². The van der Waals surface area contributed by atoms with Gasteiger partial charge in [0.05, 0.1) is 6.20 Å². The highest BCUT2D eigenvalue weighted by molar-refractivity contribution is 5.41. The maximum atomic E-state index is 5.98. The van der Waals surface area contributed by atoms with Crippen LogP contribution in [0.3, 0.4) is 0 Å². The number of rotatable bonds is 5. The van der Waals surface area contributed by atoms with E-state index in [9.17, 15) is 0 Å². The van der Waals surface area contributed by atoms with Crippen molar-refractivity contribution in [1.82, 2.24) is 4.98 Å². The van der Waals surface area contributed by atoms with Gasteiger partial charge in [0.25, 0.3) is 0 Å². The standard InChI is InChI=1S/C17H22N2O/c1-4-15(18)8-14-9-16(11-19-10-14)20-17-7-5-6-12(2)13(17)3/h5-7,9-11,15H,4,8,18H2,1-3H3. The smallest absolute Gasteiger partial charge is 0.145 e. The number of pyridine rings is 1. The van der Waals surface area contributed by atoms with Gasteiger partial charge in [-0.3, -0.25) is 4.98 Å². The number of hydrogen-bond acceptors (Lipinski definition) is 3. The van der Waals surface area contributed by atoms with Gasteiger partial charge in [-0.25, -0.2) is 0 Å². The predicted octanol–water partition coefficient (Wildman–Crippen LogP) is 3.77. The molecule has 3 nitrogen and oxygen atoms in total. The minimum atomic E-state index is 0.174. The van der Waals surface area contributed by atoms with Crippen molar-refractivity contribution in [1.29, 1.82) is 0 Å². The van der Waals surface area contributed by atoms with Gasteiger partial charge in [-0.1, -0.05) is 19.1 Å². The van der Waals surface area contributed by atoms with Crippen LogP contribution in [0.15, 0.2) is 36.7 Å². The van der Waals surface area contributed by atoms with Gasteiger partial charge in [-0.2, -0.15) is 0 Å². The molecule has 0 saturated heterocycles. The summed E-state index contributed by atoms with van der Waals surface area (Å²) in [5.41, 5.74) is 9.47. The van der Waals surface area contributed by atoms with Crippen molar-refractivity contribution in [2.24, 2.45) is 5.73 Å².